The molecule has 2 aromatic rings. The lowest BCUT2D eigenvalue weighted by atomic mass is 10.0. The van der Waals surface area contributed by atoms with Crippen molar-refractivity contribution in [1.82, 2.24) is 10.2 Å². The predicted molar refractivity (Wildman–Crippen MR) is 94.0 cm³/mol. The smallest absolute Gasteiger partial charge is 0.248 e. The van der Waals surface area contributed by atoms with Gasteiger partial charge in [0.05, 0.1) is 13.2 Å². The van der Waals surface area contributed by atoms with Gasteiger partial charge in [0.1, 0.15) is 5.75 Å². The summed E-state index contributed by atoms with van der Waals surface area (Å²) in [6.07, 6.45) is 0. The number of ether oxygens (including phenoxy) is 1. The maximum atomic E-state index is 11.4. The molecule has 1 saturated heterocycles. The van der Waals surface area contributed by atoms with Crippen molar-refractivity contribution >= 4 is 5.91 Å². The predicted octanol–water partition coefficient (Wildman–Crippen LogP) is 1.94. The Bertz CT molecular complexity index is 717. The third-order valence-corrected chi connectivity index (χ3v) is 4.45. The lowest BCUT2D eigenvalue weighted by molar-refractivity contribution is 0.1000. The van der Waals surface area contributed by atoms with Gasteiger partial charge in [-0.3, -0.25) is 9.69 Å². The van der Waals surface area contributed by atoms with Gasteiger partial charge >= 0.3 is 0 Å². The zero-order chi connectivity index (χ0) is 16.9. The minimum atomic E-state index is -0.390. The molecule has 0 radical (unpaired) electrons. The Morgan fingerprint density at radius 1 is 1.29 bits per heavy atom. The van der Waals surface area contributed by atoms with Crippen molar-refractivity contribution in [3.8, 4) is 5.75 Å². The van der Waals surface area contributed by atoms with Crippen LogP contribution in [0.4, 0.5) is 0 Å². The maximum absolute atomic E-state index is 11.4. The third kappa shape index (κ3) is 3.58. The van der Waals surface area contributed by atoms with Gasteiger partial charge in [-0.2, -0.15) is 0 Å². The number of hydrogen-bond donors (Lipinski definition) is 2. The Labute approximate surface area is 142 Å². The van der Waals surface area contributed by atoms with Crippen molar-refractivity contribution in [2.75, 3.05) is 26.7 Å². The monoisotopic (exact) mass is 325 g/mol. The van der Waals surface area contributed by atoms with Crippen molar-refractivity contribution in [2.24, 2.45) is 5.73 Å². The number of benzene rings is 2. The van der Waals surface area contributed by atoms with E-state index in [1.807, 2.05) is 36.4 Å². The van der Waals surface area contributed by atoms with Gasteiger partial charge in [0, 0.05) is 37.3 Å². The number of primary amides is 1. The van der Waals surface area contributed by atoms with Crippen LogP contribution in [0.3, 0.4) is 0 Å². The number of carbonyl (C=O) groups is 1. The van der Waals surface area contributed by atoms with Crippen molar-refractivity contribution in [3.05, 3.63) is 65.2 Å². The van der Waals surface area contributed by atoms with Crippen LogP contribution in [0.25, 0.3) is 0 Å². The molecule has 3 rings (SSSR count). The molecule has 0 aliphatic carbocycles. The summed E-state index contributed by atoms with van der Waals surface area (Å²) in [5.74, 6) is 0.514. The molecule has 2 aromatic carbocycles. The Kier molecular flexibility index (Phi) is 5.13. The first-order valence-electron chi connectivity index (χ1n) is 8.15. The second kappa shape index (κ2) is 7.47. The van der Waals surface area contributed by atoms with Crippen LogP contribution in [-0.4, -0.2) is 37.6 Å². The molecule has 1 heterocycles. The average molecular weight is 325 g/mol. The van der Waals surface area contributed by atoms with Crippen LogP contribution in [0.5, 0.6) is 5.75 Å². The van der Waals surface area contributed by atoms with Crippen LogP contribution in [0.1, 0.15) is 27.5 Å². The molecule has 126 valence electrons. The second-order valence-electron chi connectivity index (χ2n) is 6.00. The standard InChI is InChI=1S/C19H23N3O2/c1-24-18-8-3-2-7-16(18)17-12-21-9-10-22(17)13-14-5-4-6-15(11-14)19(20)23/h2-8,11,17,21H,9-10,12-13H2,1H3,(H2,20,23). The van der Waals surface area contributed by atoms with Crippen LogP contribution in [0.2, 0.25) is 0 Å². The Hall–Kier alpha value is -2.37. The van der Waals surface area contributed by atoms with E-state index in [9.17, 15) is 4.79 Å². The average Bonchev–Trinajstić information content (AvgIpc) is 2.62. The number of methoxy groups -OCH3 is 1. The number of nitrogens with two attached hydrogens (primary N) is 1. The summed E-state index contributed by atoms with van der Waals surface area (Å²) >= 11 is 0. The first-order valence-corrected chi connectivity index (χ1v) is 8.15. The van der Waals surface area contributed by atoms with Gasteiger partial charge in [-0.25, -0.2) is 0 Å². The Morgan fingerprint density at radius 2 is 2.12 bits per heavy atom. The third-order valence-electron chi connectivity index (χ3n) is 4.45. The molecule has 1 amide bonds. The van der Waals surface area contributed by atoms with E-state index in [-0.39, 0.29) is 6.04 Å². The van der Waals surface area contributed by atoms with Crippen molar-refractivity contribution in [3.63, 3.8) is 0 Å². The van der Waals surface area contributed by atoms with E-state index < -0.39 is 5.91 Å². The molecule has 24 heavy (non-hydrogen) atoms. The Morgan fingerprint density at radius 3 is 2.92 bits per heavy atom. The topological polar surface area (TPSA) is 67.6 Å². The summed E-state index contributed by atoms with van der Waals surface area (Å²) in [6, 6.07) is 15.9. The molecule has 0 spiro atoms. The van der Waals surface area contributed by atoms with E-state index in [1.54, 1.807) is 13.2 Å². The SMILES string of the molecule is COc1ccccc1C1CNCCN1Cc1cccc(C(N)=O)c1. The van der Waals surface area contributed by atoms with Crippen molar-refractivity contribution in [1.29, 1.82) is 0 Å². The molecule has 1 atom stereocenters. The van der Waals surface area contributed by atoms with Gasteiger partial charge in [0.25, 0.3) is 0 Å². The highest BCUT2D eigenvalue weighted by molar-refractivity contribution is 5.92. The van der Waals surface area contributed by atoms with E-state index in [2.05, 4.69) is 16.3 Å². The quantitative estimate of drug-likeness (QED) is 0.881. The van der Waals surface area contributed by atoms with E-state index in [4.69, 9.17) is 10.5 Å². The summed E-state index contributed by atoms with van der Waals surface area (Å²) in [6.45, 7) is 3.52. The molecular weight excluding hydrogens is 302 g/mol. The molecule has 0 saturated carbocycles. The molecule has 1 aliphatic heterocycles. The van der Waals surface area contributed by atoms with Crippen LogP contribution < -0.4 is 15.8 Å². The fourth-order valence-electron chi connectivity index (χ4n) is 3.24. The molecular formula is C19H23N3O2. The summed E-state index contributed by atoms with van der Waals surface area (Å²) in [5, 5.41) is 3.46. The van der Waals surface area contributed by atoms with E-state index >= 15 is 0 Å². The summed E-state index contributed by atoms with van der Waals surface area (Å²) in [5.41, 5.74) is 8.22. The van der Waals surface area contributed by atoms with Gasteiger partial charge in [-0.1, -0.05) is 30.3 Å². The number of hydrogen-bond acceptors (Lipinski definition) is 4. The minimum absolute atomic E-state index is 0.229. The molecule has 1 fully saturated rings. The van der Waals surface area contributed by atoms with Crippen LogP contribution in [0, 0.1) is 0 Å². The summed E-state index contributed by atoms with van der Waals surface area (Å²) in [4.78, 5) is 13.8. The van der Waals surface area contributed by atoms with Crippen molar-refractivity contribution in [2.45, 2.75) is 12.6 Å². The van der Waals surface area contributed by atoms with E-state index in [0.717, 1.165) is 37.5 Å². The lowest BCUT2D eigenvalue weighted by Crippen LogP contribution is -2.45. The molecule has 0 aromatic heterocycles. The van der Waals surface area contributed by atoms with Gasteiger partial charge in [0.2, 0.25) is 5.91 Å². The molecule has 5 nitrogen and oxygen atoms in total. The highest BCUT2D eigenvalue weighted by Gasteiger charge is 2.26. The van der Waals surface area contributed by atoms with Crippen LogP contribution >= 0.6 is 0 Å². The number of nitrogens with one attached hydrogen (secondary N) is 1. The van der Waals surface area contributed by atoms with Gasteiger partial charge in [-0.15, -0.1) is 0 Å². The van der Waals surface area contributed by atoms with Gasteiger partial charge in [0.15, 0.2) is 0 Å². The summed E-state index contributed by atoms with van der Waals surface area (Å²) < 4.78 is 5.53. The number of para-hydroxylation sites is 1. The van der Waals surface area contributed by atoms with Crippen molar-refractivity contribution < 1.29 is 9.53 Å². The normalized spacial score (nSPS) is 18.3. The zero-order valence-corrected chi connectivity index (χ0v) is 13.9. The second-order valence-corrected chi connectivity index (χ2v) is 6.00. The fraction of sp³-hybridized carbons (Fsp3) is 0.316. The molecule has 1 aliphatic rings. The van der Waals surface area contributed by atoms with Gasteiger partial charge < -0.3 is 15.8 Å². The maximum Gasteiger partial charge on any atom is 0.248 e. The summed E-state index contributed by atoms with van der Waals surface area (Å²) in [7, 11) is 1.70. The van der Waals surface area contributed by atoms with E-state index in [0.29, 0.717) is 5.56 Å². The molecule has 0 bridgehead atoms. The number of piperazine rings is 1. The lowest BCUT2D eigenvalue weighted by Gasteiger charge is -2.37. The minimum Gasteiger partial charge on any atom is -0.496 e. The zero-order valence-electron chi connectivity index (χ0n) is 13.9. The highest BCUT2D eigenvalue weighted by Crippen LogP contribution is 2.31. The number of rotatable bonds is 5. The number of nitrogens with zero attached hydrogens (tertiary/aromatic N) is 1. The first kappa shape index (κ1) is 16.5. The molecule has 1 unspecified atom stereocenters. The fourth-order valence-corrected chi connectivity index (χ4v) is 3.24. The first-order chi connectivity index (χ1) is 11.7. The van der Waals surface area contributed by atoms with E-state index in [1.165, 1.54) is 5.56 Å². The Balaban J connectivity index is 1.85. The molecule has 3 N–H and O–H groups in total. The highest BCUT2D eigenvalue weighted by atomic mass is 16.5. The number of carbonyl (C=O) groups excluding carboxylic acids is 1. The van der Waals surface area contributed by atoms with Crippen LogP contribution in [-0.2, 0) is 6.54 Å². The van der Waals surface area contributed by atoms with Crippen LogP contribution in [0.15, 0.2) is 48.5 Å². The largest absolute Gasteiger partial charge is 0.496 e. The van der Waals surface area contributed by atoms with Gasteiger partial charge in [-0.05, 0) is 23.8 Å². The number of amides is 1. The molecule has 5 heteroatoms.